The number of H-pyrrole nitrogens is 1. The number of hydrogen-bond acceptors (Lipinski definition) is 3. The van der Waals surface area contributed by atoms with Crippen molar-refractivity contribution in [3.63, 3.8) is 0 Å². The number of aromatic nitrogens is 2. The molecule has 6 nitrogen and oxygen atoms in total. The molecule has 12 heteroatoms. The van der Waals surface area contributed by atoms with Crippen molar-refractivity contribution in [3.05, 3.63) is 69.7 Å². The Hall–Kier alpha value is -3.28. The molecule has 0 bridgehead atoms. The van der Waals surface area contributed by atoms with Gasteiger partial charge >= 0.3 is 0 Å². The van der Waals surface area contributed by atoms with Crippen molar-refractivity contribution < 1.29 is 31.5 Å². The quantitative estimate of drug-likeness (QED) is 0.310. The molecular weight excluding hydrogens is 563 g/mol. The first kappa shape index (κ1) is 26.8. The Kier molecular flexibility index (Phi) is 7.96. The second-order valence-corrected chi connectivity index (χ2v) is 9.55. The molecule has 0 fully saturated rings. The monoisotopic (exact) mass is 584 g/mol. The molecule has 0 radical (unpaired) electrons. The number of pyridine rings is 1. The van der Waals surface area contributed by atoms with Crippen LogP contribution in [0, 0.1) is 5.82 Å². The van der Waals surface area contributed by atoms with E-state index in [1.165, 1.54) is 29.3 Å². The summed E-state index contributed by atoms with van der Waals surface area (Å²) in [6.07, 6.45) is -5.16. The summed E-state index contributed by atoms with van der Waals surface area (Å²) in [6.45, 7) is 0.134. The van der Waals surface area contributed by atoms with Crippen molar-refractivity contribution in [1.82, 2.24) is 14.9 Å². The number of halogens is 6. The van der Waals surface area contributed by atoms with Gasteiger partial charge in [0, 0.05) is 49.8 Å². The Morgan fingerprint density at radius 2 is 1.89 bits per heavy atom. The molecule has 1 aromatic carbocycles. The van der Waals surface area contributed by atoms with Crippen molar-refractivity contribution in [2.45, 2.75) is 37.5 Å². The van der Waals surface area contributed by atoms with Gasteiger partial charge < -0.3 is 15.2 Å². The third-order valence-corrected chi connectivity index (χ3v) is 6.99. The van der Waals surface area contributed by atoms with E-state index in [2.05, 4.69) is 31.2 Å². The fourth-order valence-electron chi connectivity index (χ4n) is 4.45. The minimum atomic E-state index is -2.78. The van der Waals surface area contributed by atoms with Crippen molar-refractivity contribution in [3.8, 4) is 11.3 Å². The van der Waals surface area contributed by atoms with Crippen LogP contribution >= 0.6 is 15.9 Å². The molecule has 37 heavy (non-hydrogen) atoms. The van der Waals surface area contributed by atoms with E-state index >= 15 is 0 Å². The predicted molar refractivity (Wildman–Crippen MR) is 130 cm³/mol. The lowest BCUT2D eigenvalue weighted by Gasteiger charge is -2.29. The number of carbonyl (C=O) groups is 2. The van der Waals surface area contributed by atoms with E-state index < -0.39 is 49.3 Å². The third kappa shape index (κ3) is 5.84. The predicted octanol–water partition coefficient (Wildman–Crippen LogP) is 6.18. The van der Waals surface area contributed by atoms with Gasteiger partial charge in [0.15, 0.2) is 0 Å². The van der Waals surface area contributed by atoms with E-state index in [1.54, 1.807) is 13.1 Å². The first-order valence-corrected chi connectivity index (χ1v) is 12.1. The largest absolute Gasteiger partial charge is 0.356 e. The van der Waals surface area contributed by atoms with Gasteiger partial charge in [0.2, 0.25) is 18.8 Å². The number of amides is 2. The molecule has 1 aliphatic rings. The number of nitrogens with zero attached hydrogens (tertiary/aromatic N) is 2. The summed E-state index contributed by atoms with van der Waals surface area (Å²) in [5.74, 6) is -3.44. The lowest BCUT2D eigenvalue weighted by atomic mass is 9.93. The zero-order chi connectivity index (χ0) is 26.9. The van der Waals surface area contributed by atoms with Crippen molar-refractivity contribution in [2.75, 3.05) is 18.9 Å². The number of rotatable bonds is 8. The summed E-state index contributed by atoms with van der Waals surface area (Å²) in [7, 11) is 1.54. The highest BCUT2D eigenvalue weighted by molar-refractivity contribution is 9.10. The Balaban J connectivity index is 1.64. The topological polar surface area (TPSA) is 78.1 Å². The van der Waals surface area contributed by atoms with Crippen LogP contribution in [0.5, 0.6) is 0 Å². The summed E-state index contributed by atoms with van der Waals surface area (Å²) in [6, 6.07) is 7.78. The average Bonchev–Trinajstić information content (AvgIpc) is 3.19. The molecule has 2 atom stereocenters. The molecule has 0 saturated heterocycles. The van der Waals surface area contributed by atoms with Crippen LogP contribution in [0.1, 0.15) is 46.3 Å². The lowest BCUT2D eigenvalue weighted by molar-refractivity contribution is -0.118. The number of nitrogens with one attached hydrogen (secondary N) is 2. The normalized spacial score (nSPS) is 16.3. The maximum absolute atomic E-state index is 13.3. The molecule has 2 amide bonds. The smallest absolute Gasteiger partial charge is 0.256 e. The Bertz CT molecular complexity index is 1300. The molecule has 2 unspecified atom stereocenters. The van der Waals surface area contributed by atoms with Crippen LogP contribution in [-0.2, 0) is 4.79 Å². The molecule has 2 aromatic heterocycles. The SMILES string of the molecule is CN1CC(CC(F)F)c2[nH]c(-c3ccnc(NC(=O)C(CC(F)F)c4ccc(F)cc4)c3)c(Br)c2C1=O. The molecule has 3 aromatic rings. The highest BCUT2D eigenvalue weighted by Crippen LogP contribution is 2.41. The number of fused-ring (bicyclic) bond motifs is 1. The van der Waals surface area contributed by atoms with E-state index in [4.69, 9.17) is 0 Å². The summed E-state index contributed by atoms with van der Waals surface area (Å²) in [5, 5.41) is 2.52. The number of anilines is 1. The van der Waals surface area contributed by atoms with Gasteiger partial charge in [-0.1, -0.05) is 12.1 Å². The van der Waals surface area contributed by atoms with E-state index in [1.807, 2.05) is 0 Å². The fraction of sp³-hybridized carbons (Fsp3) is 0.320. The van der Waals surface area contributed by atoms with Gasteiger partial charge in [-0.3, -0.25) is 9.59 Å². The molecule has 0 spiro atoms. The molecule has 4 rings (SSSR count). The van der Waals surface area contributed by atoms with Crippen LogP contribution in [0.2, 0.25) is 0 Å². The number of likely N-dealkylation sites (N-methyl/N-ethyl adjacent to an activating group) is 1. The fourth-order valence-corrected chi connectivity index (χ4v) is 5.16. The summed E-state index contributed by atoms with van der Waals surface area (Å²) < 4.78 is 66.4. The number of hydrogen-bond donors (Lipinski definition) is 2. The van der Waals surface area contributed by atoms with Gasteiger partial charge in [-0.15, -0.1) is 0 Å². The standard InChI is InChI=1S/C25H22BrF5N4O2/c1-35-11-14(8-17(28)29)22-20(25(35)37)21(26)23(34-22)13-6-7-32-19(9-13)33-24(36)16(10-18(30)31)12-2-4-15(27)5-3-12/h2-7,9,14,16-18,34H,8,10-11H2,1H3,(H,32,33,36). The number of benzene rings is 1. The van der Waals surface area contributed by atoms with Crippen molar-refractivity contribution >= 4 is 33.6 Å². The summed E-state index contributed by atoms with van der Waals surface area (Å²) in [5.41, 5.74) is 1.77. The van der Waals surface area contributed by atoms with Crippen LogP contribution < -0.4 is 5.32 Å². The lowest BCUT2D eigenvalue weighted by Crippen LogP contribution is -2.37. The Morgan fingerprint density at radius 3 is 2.54 bits per heavy atom. The van der Waals surface area contributed by atoms with E-state index in [0.717, 1.165) is 12.1 Å². The molecule has 0 saturated carbocycles. The minimum absolute atomic E-state index is 0.0518. The molecule has 196 valence electrons. The van der Waals surface area contributed by atoms with Crippen molar-refractivity contribution in [2.24, 2.45) is 0 Å². The van der Waals surface area contributed by atoms with Crippen LogP contribution in [0.4, 0.5) is 27.8 Å². The first-order valence-electron chi connectivity index (χ1n) is 11.3. The molecule has 2 N–H and O–H groups in total. The van der Waals surface area contributed by atoms with Gasteiger partial charge in [0.05, 0.1) is 21.6 Å². The first-order chi connectivity index (χ1) is 17.5. The summed E-state index contributed by atoms with van der Waals surface area (Å²) >= 11 is 3.41. The van der Waals surface area contributed by atoms with Gasteiger partial charge in [-0.05, 0) is 45.8 Å². The minimum Gasteiger partial charge on any atom is -0.356 e. The second kappa shape index (κ2) is 11.0. The van der Waals surface area contributed by atoms with Gasteiger partial charge in [0.25, 0.3) is 5.91 Å². The van der Waals surface area contributed by atoms with Gasteiger partial charge in [-0.25, -0.2) is 26.9 Å². The van der Waals surface area contributed by atoms with E-state index in [9.17, 15) is 31.5 Å². The zero-order valence-electron chi connectivity index (χ0n) is 19.5. The van der Waals surface area contributed by atoms with Crippen LogP contribution in [0.3, 0.4) is 0 Å². The maximum atomic E-state index is 13.3. The Labute approximate surface area is 217 Å². The number of alkyl halides is 4. The van der Waals surface area contributed by atoms with E-state index in [-0.39, 0.29) is 29.4 Å². The highest BCUT2D eigenvalue weighted by Gasteiger charge is 2.36. The summed E-state index contributed by atoms with van der Waals surface area (Å²) in [4.78, 5) is 34.2. The molecule has 1 aliphatic heterocycles. The molecule has 3 heterocycles. The second-order valence-electron chi connectivity index (χ2n) is 8.76. The zero-order valence-corrected chi connectivity index (χ0v) is 21.0. The third-order valence-electron chi connectivity index (χ3n) is 6.20. The van der Waals surface area contributed by atoms with Crippen LogP contribution in [0.25, 0.3) is 11.3 Å². The molecule has 0 aliphatic carbocycles. The van der Waals surface area contributed by atoms with Gasteiger partial charge in [-0.2, -0.15) is 0 Å². The maximum Gasteiger partial charge on any atom is 0.256 e. The molecular formula is C25H22BrF5N4O2. The van der Waals surface area contributed by atoms with Crippen molar-refractivity contribution in [1.29, 1.82) is 0 Å². The van der Waals surface area contributed by atoms with Crippen LogP contribution in [-0.4, -0.2) is 53.1 Å². The Morgan fingerprint density at radius 1 is 1.19 bits per heavy atom. The number of carbonyl (C=O) groups excluding carboxylic acids is 2. The van der Waals surface area contributed by atoms with E-state index in [0.29, 0.717) is 21.4 Å². The van der Waals surface area contributed by atoms with Gasteiger partial charge in [0.1, 0.15) is 11.6 Å². The average molecular weight is 585 g/mol. The number of aromatic amines is 1. The highest BCUT2D eigenvalue weighted by atomic mass is 79.9. The van der Waals surface area contributed by atoms with Crippen LogP contribution in [0.15, 0.2) is 47.1 Å².